The molecule has 2 fully saturated rings. The number of hydrogen-bond acceptors (Lipinski definition) is 3. The van der Waals surface area contributed by atoms with Crippen molar-refractivity contribution in [1.82, 2.24) is 4.90 Å². The Morgan fingerprint density at radius 1 is 1.32 bits per heavy atom. The fraction of sp³-hybridized carbons (Fsp3) is 0.857. The van der Waals surface area contributed by atoms with Gasteiger partial charge in [0.2, 0.25) is 5.91 Å². The average Bonchev–Trinajstić information content (AvgIpc) is 2.83. The van der Waals surface area contributed by atoms with Crippen molar-refractivity contribution in [1.29, 1.82) is 0 Å². The molecule has 2 aliphatic rings. The number of carbonyl (C=O) groups excluding carboxylic acids is 1. The standard InChI is InChI=1S/C14H23NO3S/c1-3-10-6-11(12(7-10)14(17)18)13(16)15-4-5-19-8-9(15)2/h9-12H,3-8H2,1-2H3,(H,17,18). The molecule has 0 spiro atoms. The maximum absolute atomic E-state index is 12.6. The van der Waals surface area contributed by atoms with Crippen LogP contribution in [0.3, 0.4) is 0 Å². The summed E-state index contributed by atoms with van der Waals surface area (Å²) in [7, 11) is 0. The summed E-state index contributed by atoms with van der Waals surface area (Å²) in [4.78, 5) is 25.9. The Balaban J connectivity index is 2.09. The lowest BCUT2D eigenvalue weighted by atomic mass is 9.94. The van der Waals surface area contributed by atoms with Crippen LogP contribution in [-0.4, -0.2) is 46.0 Å². The van der Waals surface area contributed by atoms with Gasteiger partial charge >= 0.3 is 5.97 Å². The van der Waals surface area contributed by atoms with Crippen molar-refractivity contribution in [3.8, 4) is 0 Å². The van der Waals surface area contributed by atoms with Gasteiger partial charge in [-0.25, -0.2) is 0 Å². The molecule has 0 aromatic carbocycles. The van der Waals surface area contributed by atoms with Crippen molar-refractivity contribution < 1.29 is 14.7 Å². The Labute approximate surface area is 118 Å². The largest absolute Gasteiger partial charge is 0.481 e. The van der Waals surface area contributed by atoms with Crippen molar-refractivity contribution >= 4 is 23.6 Å². The molecule has 4 atom stereocenters. The summed E-state index contributed by atoms with van der Waals surface area (Å²) in [6.45, 7) is 4.91. The molecular weight excluding hydrogens is 262 g/mol. The van der Waals surface area contributed by atoms with Crippen LogP contribution in [0.25, 0.3) is 0 Å². The first-order chi connectivity index (χ1) is 9.04. The number of carboxylic acids is 1. The first-order valence-corrected chi connectivity index (χ1v) is 8.31. The van der Waals surface area contributed by atoms with Crippen molar-refractivity contribution in [2.24, 2.45) is 17.8 Å². The van der Waals surface area contributed by atoms with Crippen LogP contribution < -0.4 is 0 Å². The summed E-state index contributed by atoms with van der Waals surface area (Å²) < 4.78 is 0. The fourth-order valence-electron chi connectivity index (χ4n) is 3.29. The lowest BCUT2D eigenvalue weighted by Gasteiger charge is -2.35. The third kappa shape index (κ3) is 3.07. The van der Waals surface area contributed by atoms with Crippen LogP contribution in [0, 0.1) is 17.8 Å². The lowest BCUT2D eigenvalue weighted by Crippen LogP contribution is -2.48. The van der Waals surface area contributed by atoms with E-state index in [4.69, 9.17) is 0 Å². The number of nitrogens with zero attached hydrogens (tertiary/aromatic N) is 1. The van der Waals surface area contributed by atoms with Crippen LogP contribution in [0.15, 0.2) is 0 Å². The maximum Gasteiger partial charge on any atom is 0.307 e. The molecule has 1 saturated carbocycles. The molecule has 1 N–H and O–H groups in total. The quantitative estimate of drug-likeness (QED) is 0.862. The summed E-state index contributed by atoms with van der Waals surface area (Å²) in [5.41, 5.74) is 0. The molecule has 5 heteroatoms. The number of thioether (sulfide) groups is 1. The second-order valence-corrected chi connectivity index (χ2v) is 6.90. The number of rotatable bonds is 3. The van der Waals surface area contributed by atoms with E-state index in [1.807, 2.05) is 16.7 Å². The van der Waals surface area contributed by atoms with Gasteiger partial charge in [-0.05, 0) is 25.7 Å². The van der Waals surface area contributed by atoms with Crippen molar-refractivity contribution in [2.75, 3.05) is 18.1 Å². The molecule has 1 saturated heterocycles. The second-order valence-electron chi connectivity index (χ2n) is 5.75. The molecule has 0 aromatic rings. The third-order valence-electron chi connectivity index (χ3n) is 4.52. The van der Waals surface area contributed by atoms with Gasteiger partial charge in [0.15, 0.2) is 0 Å². The average molecular weight is 285 g/mol. The van der Waals surface area contributed by atoms with Gasteiger partial charge in [0.25, 0.3) is 0 Å². The summed E-state index contributed by atoms with van der Waals surface area (Å²) in [6, 6.07) is 0.237. The van der Waals surface area contributed by atoms with Crippen LogP contribution >= 0.6 is 11.8 Å². The third-order valence-corrected chi connectivity index (χ3v) is 5.71. The van der Waals surface area contributed by atoms with Crippen molar-refractivity contribution in [3.05, 3.63) is 0 Å². The van der Waals surface area contributed by atoms with E-state index in [-0.39, 0.29) is 17.9 Å². The van der Waals surface area contributed by atoms with E-state index in [1.54, 1.807) is 0 Å². The zero-order valence-corrected chi connectivity index (χ0v) is 12.5. The number of amides is 1. The minimum absolute atomic E-state index is 0.0798. The van der Waals surface area contributed by atoms with Crippen molar-refractivity contribution in [3.63, 3.8) is 0 Å². The van der Waals surface area contributed by atoms with Gasteiger partial charge in [-0.15, -0.1) is 0 Å². The Kier molecular flexibility index (Phi) is 4.76. The first-order valence-electron chi connectivity index (χ1n) is 7.15. The van der Waals surface area contributed by atoms with E-state index < -0.39 is 11.9 Å². The highest BCUT2D eigenvalue weighted by atomic mass is 32.2. The molecule has 2 rings (SSSR count). The van der Waals surface area contributed by atoms with Crippen LogP contribution in [0.1, 0.15) is 33.1 Å². The highest BCUT2D eigenvalue weighted by Crippen LogP contribution is 2.40. The Bertz CT molecular complexity index is 361. The molecular formula is C14H23NO3S. The maximum atomic E-state index is 12.6. The Hall–Kier alpha value is -0.710. The molecule has 0 radical (unpaired) electrons. The summed E-state index contributed by atoms with van der Waals surface area (Å²) in [5.74, 6) is 0.840. The molecule has 1 amide bonds. The van der Waals surface area contributed by atoms with Crippen LogP contribution in [0.4, 0.5) is 0 Å². The zero-order valence-electron chi connectivity index (χ0n) is 11.7. The van der Waals surface area contributed by atoms with E-state index >= 15 is 0 Å². The monoisotopic (exact) mass is 285 g/mol. The fourth-order valence-corrected chi connectivity index (χ4v) is 4.30. The molecule has 1 aliphatic heterocycles. The second kappa shape index (κ2) is 6.16. The number of hydrogen-bond donors (Lipinski definition) is 1. The van der Waals surface area contributed by atoms with Crippen molar-refractivity contribution in [2.45, 2.75) is 39.2 Å². The smallest absolute Gasteiger partial charge is 0.307 e. The summed E-state index contributed by atoms with van der Waals surface area (Å²) in [5, 5.41) is 9.34. The summed E-state index contributed by atoms with van der Waals surface area (Å²) in [6.07, 6.45) is 2.39. The van der Waals surface area contributed by atoms with E-state index in [0.29, 0.717) is 12.3 Å². The number of aliphatic carboxylic acids is 1. The Morgan fingerprint density at radius 3 is 2.58 bits per heavy atom. The number of carbonyl (C=O) groups is 2. The highest BCUT2D eigenvalue weighted by molar-refractivity contribution is 7.99. The minimum Gasteiger partial charge on any atom is -0.481 e. The Morgan fingerprint density at radius 2 is 2.00 bits per heavy atom. The van der Waals surface area contributed by atoms with Gasteiger partial charge in [-0.3, -0.25) is 9.59 Å². The van der Waals surface area contributed by atoms with E-state index in [1.165, 1.54) is 0 Å². The topological polar surface area (TPSA) is 57.6 Å². The van der Waals surface area contributed by atoms with Crippen LogP contribution in [0.2, 0.25) is 0 Å². The lowest BCUT2D eigenvalue weighted by molar-refractivity contribution is -0.149. The molecule has 4 nitrogen and oxygen atoms in total. The molecule has 1 aliphatic carbocycles. The number of carboxylic acid groups (broad SMARTS) is 1. The van der Waals surface area contributed by atoms with Gasteiger partial charge in [0, 0.05) is 24.1 Å². The molecule has 1 heterocycles. The molecule has 108 valence electrons. The predicted molar refractivity (Wildman–Crippen MR) is 76.1 cm³/mol. The van der Waals surface area contributed by atoms with Gasteiger partial charge < -0.3 is 10.0 Å². The van der Waals surface area contributed by atoms with Crippen LogP contribution in [0.5, 0.6) is 0 Å². The SMILES string of the molecule is CCC1CC(C(=O)O)C(C(=O)N2CCSCC2C)C1. The van der Waals surface area contributed by atoms with Gasteiger partial charge in [0.05, 0.1) is 11.8 Å². The predicted octanol–water partition coefficient (Wildman–Crippen LogP) is 2.09. The highest BCUT2D eigenvalue weighted by Gasteiger charge is 2.44. The van der Waals surface area contributed by atoms with Gasteiger partial charge in [-0.1, -0.05) is 13.3 Å². The normalized spacial score (nSPS) is 35.4. The van der Waals surface area contributed by atoms with E-state index in [0.717, 1.165) is 30.9 Å². The van der Waals surface area contributed by atoms with E-state index in [2.05, 4.69) is 13.8 Å². The molecule has 0 aromatic heterocycles. The molecule has 4 unspecified atom stereocenters. The first kappa shape index (κ1) is 14.7. The van der Waals surface area contributed by atoms with Crippen LogP contribution in [-0.2, 0) is 9.59 Å². The molecule has 0 bridgehead atoms. The van der Waals surface area contributed by atoms with Gasteiger partial charge in [-0.2, -0.15) is 11.8 Å². The summed E-state index contributed by atoms with van der Waals surface area (Å²) >= 11 is 1.87. The molecule has 19 heavy (non-hydrogen) atoms. The van der Waals surface area contributed by atoms with Gasteiger partial charge in [0.1, 0.15) is 0 Å². The zero-order chi connectivity index (χ0) is 14.0. The minimum atomic E-state index is -0.798. The van der Waals surface area contributed by atoms with E-state index in [9.17, 15) is 14.7 Å².